The molecule has 0 aliphatic heterocycles. The largest absolute Gasteiger partial charge is 0.494 e. The van der Waals surface area contributed by atoms with Crippen molar-refractivity contribution in [1.29, 1.82) is 0 Å². The minimum Gasteiger partial charge on any atom is -0.494 e. The second-order valence-electron chi connectivity index (χ2n) is 7.73. The van der Waals surface area contributed by atoms with Gasteiger partial charge in [-0.15, -0.1) is 0 Å². The molecule has 4 aromatic rings. The fourth-order valence-corrected chi connectivity index (χ4v) is 3.69. The molecule has 1 N–H and O–H groups in total. The molecule has 0 aliphatic rings. The molecule has 0 saturated heterocycles. The van der Waals surface area contributed by atoms with Gasteiger partial charge in [-0.2, -0.15) is 0 Å². The second-order valence-corrected chi connectivity index (χ2v) is 8.16. The van der Waals surface area contributed by atoms with Gasteiger partial charge in [-0.1, -0.05) is 41.4 Å². The van der Waals surface area contributed by atoms with Crippen molar-refractivity contribution in [2.75, 3.05) is 6.61 Å². The first-order valence-electron chi connectivity index (χ1n) is 10.8. The van der Waals surface area contributed by atoms with Crippen LogP contribution in [0.1, 0.15) is 34.6 Å². The normalized spacial score (nSPS) is 10.9. The maximum absolute atomic E-state index is 12.5. The van der Waals surface area contributed by atoms with Gasteiger partial charge < -0.3 is 14.6 Å². The van der Waals surface area contributed by atoms with Crippen LogP contribution >= 0.6 is 11.6 Å². The van der Waals surface area contributed by atoms with Crippen LogP contribution in [0.15, 0.2) is 72.8 Å². The molecule has 0 spiro atoms. The Morgan fingerprint density at radius 3 is 2.53 bits per heavy atom. The number of hydrogen-bond acceptors (Lipinski definition) is 3. The SMILES string of the molecule is Cc1ccc(OCCCCn2c(CNC(=O)c3ccc(Cl)cc3)nc3ccccc32)cc1. The van der Waals surface area contributed by atoms with Gasteiger partial charge in [0.15, 0.2) is 0 Å². The van der Waals surface area contributed by atoms with Crippen LogP contribution in [0.3, 0.4) is 0 Å². The van der Waals surface area contributed by atoms with Gasteiger partial charge in [0.25, 0.3) is 5.91 Å². The average molecular weight is 448 g/mol. The van der Waals surface area contributed by atoms with Gasteiger partial charge in [-0.25, -0.2) is 4.98 Å². The Balaban J connectivity index is 1.37. The Morgan fingerprint density at radius 2 is 1.75 bits per heavy atom. The molecule has 4 rings (SSSR count). The highest BCUT2D eigenvalue weighted by Crippen LogP contribution is 2.18. The lowest BCUT2D eigenvalue weighted by molar-refractivity contribution is 0.0949. The van der Waals surface area contributed by atoms with Crippen molar-refractivity contribution in [2.24, 2.45) is 0 Å². The van der Waals surface area contributed by atoms with E-state index in [0.29, 0.717) is 23.7 Å². The van der Waals surface area contributed by atoms with E-state index < -0.39 is 0 Å². The standard InChI is InChI=1S/C26H26ClN3O2/c1-19-8-14-22(15-9-19)32-17-5-4-16-30-24-7-3-2-6-23(24)29-25(30)18-28-26(31)20-10-12-21(27)13-11-20/h2-3,6-15H,4-5,16-18H2,1H3,(H,28,31). The maximum Gasteiger partial charge on any atom is 0.251 e. The Labute approximate surface area is 193 Å². The van der Waals surface area contributed by atoms with Crippen molar-refractivity contribution in [3.63, 3.8) is 0 Å². The van der Waals surface area contributed by atoms with E-state index in [1.54, 1.807) is 24.3 Å². The zero-order valence-corrected chi connectivity index (χ0v) is 18.8. The molecular weight excluding hydrogens is 422 g/mol. The summed E-state index contributed by atoms with van der Waals surface area (Å²) in [5.41, 5.74) is 3.80. The average Bonchev–Trinajstić information content (AvgIpc) is 3.16. The fourth-order valence-electron chi connectivity index (χ4n) is 3.57. The van der Waals surface area contributed by atoms with Gasteiger partial charge in [-0.3, -0.25) is 4.79 Å². The third kappa shape index (κ3) is 5.48. The lowest BCUT2D eigenvalue weighted by Crippen LogP contribution is -2.24. The number of benzene rings is 3. The quantitative estimate of drug-likeness (QED) is 0.330. The first-order chi connectivity index (χ1) is 15.6. The predicted molar refractivity (Wildman–Crippen MR) is 128 cm³/mol. The number of hydrogen-bond donors (Lipinski definition) is 1. The number of para-hydroxylation sites is 2. The molecule has 0 radical (unpaired) electrons. The predicted octanol–water partition coefficient (Wildman–Crippen LogP) is 5.79. The summed E-state index contributed by atoms with van der Waals surface area (Å²) in [6, 6.07) is 23.0. The number of aromatic nitrogens is 2. The van der Waals surface area contributed by atoms with Crippen molar-refractivity contribution in [2.45, 2.75) is 32.9 Å². The van der Waals surface area contributed by atoms with Crippen molar-refractivity contribution in [1.82, 2.24) is 14.9 Å². The number of nitrogens with one attached hydrogen (secondary N) is 1. The maximum atomic E-state index is 12.5. The second kappa shape index (κ2) is 10.3. The van der Waals surface area contributed by atoms with Gasteiger partial charge in [0.1, 0.15) is 11.6 Å². The molecule has 1 heterocycles. The van der Waals surface area contributed by atoms with E-state index in [9.17, 15) is 4.79 Å². The Hall–Kier alpha value is -3.31. The molecule has 0 bridgehead atoms. The third-order valence-corrected chi connectivity index (χ3v) is 5.56. The molecule has 1 aromatic heterocycles. The highest BCUT2D eigenvalue weighted by atomic mass is 35.5. The van der Waals surface area contributed by atoms with Crippen molar-refractivity contribution in [3.05, 3.63) is 94.8 Å². The molecule has 0 atom stereocenters. The Morgan fingerprint density at radius 1 is 1.00 bits per heavy atom. The summed E-state index contributed by atoms with van der Waals surface area (Å²) >= 11 is 5.91. The molecule has 6 heteroatoms. The monoisotopic (exact) mass is 447 g/mol. The number of fused-ring (bicyclic) bond motifs is 1. The lowest BCUT2D eigenvalue weighted by Gasteiger charge is -2.11. The first-order valence-corrected chi connectivity index (χ1v) is 11.2. The molecule has 32 heavy (non-hydrogen) atoms. The van der Waals surface area contributed by atoms with Gasteiger partial charge >= 0.3 is 0 Å². The molecule has 1 amide bonds. The number of amides is 1. The Bertz CT molecular complexity index is 1180. The van der Waals surface area contributed by atoms with E-state index >= 15 is 0 Å². The van der Waals surface area contributed by atoms with Gasteiger partial charge in [0.05, 0.1) is 24.2 Å². The van der Waals surface area contributed by atoms with E-state index in [2.05, 4.69) is 35.0 Å². The van der Waals surface area contributed by atoms with Crippen LogP contribution < -0.4 is 10.1 Å². The topological polar surface area (TPSA) is 56.1 Å². The molecule has 164 valence electrons. The summed E-state index contributed by atoms with van der Waals surface area (Å²) in [5, 5.41) is 3.58. The van der Waals surface area contributed by atoms with Crippen LogP contribution in [0.5, 0.6) is 5.75 Å². The summed E-state index contributed by atoms with van der Waals surface area (Å²) in [7, 11) is 0. The molecular formula is C26H26ClN3O2. The summed E-state index contributed by atoms with van der Waals surface area (Å²) < 4.78 is 8.03. The minimum atomic E-state index is -0.147. The zero-order chi connectivity index (χ0) is 22.3. The van der Waals surface area contributed by atoms with Crippen LogP contribution in [0.2, 0.25) is 5.02 Å². The first kappa shape index (κ1) is 21.9. The number of nitrogens with zero attached hydrogens (tertiary/aromatic N) is 2. The van der Waals surface area contributed by atoms with Crippen LogP contribution in [-0.4, -0.2) is 22.1 Å². The number of carbonyl (C=O) groups is 1. The number of ether oxygens (including phenoxy) is 1. The number of imidazole rings is 1. The van der Waals surface area contributed by atoms with Crippen LogP contribution in [-0.2, 0) is 13.1 Å². The third-order valence-electron chi connectivity index (χ3n) is 5.31. The van der Waals surface area contributed by atoms with E-state index in [-0.39, 0.29) is 5.91 Å². The highest BCUT2D eigenvalue weighted by Gasteiger charge is 2.12. The van der Waals surface area contributed by atoms with Gasteiger partial charge in [0.2, 0.25) is 0 Å². The molecule has 0 fully saturated rings. The van der Waals surface area contributed by atoms with E-state index in [4.69, 9.17) is 21.3 Å². The van der Waals surface area contributed by atoms with Crippen LogP contribution in [0.25, 0.3) is 11.0 Å². The molecule has 0 saturated carbocycles. The van der Waals surface area contributed by atoms with Crippen LogP contribution in [0.4, 0.5) is 0 Å². The van der Waals surface area contributed by atoms with E-state index in [1.807, 2.05) is 30.3 Å². The van der Waals surface area contributed by atoms with Crippen molar-refractivity contribution < 1.29 is 9.53 Å². The highest BCUT2D eigenvalue weighted by molar-refractivity contribution is 6.30. The zero-order valence-electron chi connectivity index (χ0n) is 18.1. The van der Waals surface area contributed by atoms with E-state index in [1.165, 1.54) is 5.56 Å². The molecule has 0 unspecified atom stereocenters. The van der Waals surface area contributed by atoms with Crippen molar-refractivity contribution >= 4 is 28.5 Å². The fraction of sp³-hybridized carbons (Fsp3) is 0.231. The number of rotatable bonds is 9. The number of aryl methyl sites for hydroxylation is 2. The number of carbonyl (C=O) groups excluding carboxylic acids is 1. The van der Waals surface area contributed by atoms with Crippen LogP contribution in [0, 0.1) is 6.92 Å². The number of halogens is 1. The number of unbranched alkanes of at least 4 members (excludes halogenated alkanes) is 1. The lowest BCUT2D eigenvalue weighted by atomic mass is 10.2. The Kier molecular flexibility index (Phi) is 7.07. The minimum absolute atomic E-state index is 0.147. The van der Waals surface area contributed by atoms with Gasteiger partial charge in [0, 0.05) is 17.1 Å². The van der Waals surface area contributed by atoms with E-state index in [0.717, 1.165) is 42.0 Å². The summed E-state index contributed by atoms with van der Waals surface area (Å²) in [4.78, 5) is 17.2. The summed E-state index contributed by atoms with van der Waals surface area (Å²) in [6.07, 6.45) is 1.88. The smallest absolute Gasteiger partial charge is 0.251 e. The summed E-state index contributed by atoms with van der Waals surface area (Å²) in [5.74, 6) is 1.59. The molecule has 0 aliphatic carbocycles. The van der Waals surface area contributed by atoms with Crippen molar-refractivity contribution in [3.8, 4) is 5.75 Å². The van der Waals surface area contributed by atoms with Gasteiger partial charge in [-0.05, 0) is 68.3 Å². The molecule has 3 aromatic carbocycles. The summed E-state index contributed by atoms with van der Waals surface area (Å²) in [6.45, 7) is 3.90. The molecule has 5 nitrogen and oxygen atoms in total.